The Hall–Kier alpha value is -3.42. The maximum atomic E-state index is 12.8. The quantitative estimate of drug-likeness (QED) is 0.297. The predicted octanol–water partition coefficient (Wildman–Crippen LogP) is 4.46. The second-order valence-corrected chi connectivity index (χ2v) is 10.8. The van der Waals surface area contributed by atoms with Crippen molar-refractivity contribution < 1.29 is 40.3 Å². The minimum atomic E-state index is -4.43. The minimum Gasteiger partial charge on any atom is -0.493 e. The maximum absolute atomic E-state index is 12.8. The standard InChI is InChI=1S/C26H30F3N3O6S/c1-5-36-24(33)17-32(39(34,35)31(3)4)16-19-7-6-8-22(15-19)37-14-13-23-18(2)38-25(30-23)20-9-11-21(12-10-20)26(27,28)29/h6-12,15H,5,13-14,16-17H2,1-4H3. The van der Waals surface area contributed by atoms with Crippen molar-refractivity contribution in [2.45, 2.75) is 33.0 Å². The van der Waals surface area contributed by atoms with E-state index in [1.54, 1.807) is 38.1 Å². The highest BCUT2D eigenvalue weighted by atomic mass is 32.2. The molecule has 39 heavy (non-hydrogen) atoms. The molecule has 3 aromatic rings. The van der Waals surface area contributed by atoms with Gasteiger partial charge in [0.2, 0.25) is 5.89 Å². The Morgan fingerprint density at radius 1 is 1.10 bits per heavy atom. The van der Waals surface area contributed by atoms with Gasteiger partial charge in [0.15, 0.2) is 0 Å². The van der Waals surface area contributed by atoms with E-state index in [0.717, 1.165) is 20.7 Å². The van der Waals surface area contributed by atoms with Gasteiger partial charge in [0.25, 0.3) is 10.2 Å². The van der Waals surface area contributed by atoms with E-state index in [1.807, 2.05) is 0 Å². The van der Waals surface area contributed by atoms with Gasteiger partial charge in [-0.25, -0.2) is 4.98 Å². The molecule has 0 fully saturated rings. The first-order valence-electron chi connectivity index (χ1n) is 12.0. The van der Waals surface area contributed by atoms with Gasteiger partial charge in [-0.15, -0.1) is 0 Å². The zero-order valence-electron chi connectivity index (χ0n) is 22.0. The highest BCUT2D eigenvalue weighted by Crippen LogP contribution is 2.31. The van der Waals surface area contributed by atoms with Crippen LogP contribution in [0.3, 0.4) is 0 Å². The molecule has 1 heterocycles. The van der Waals surface area contributed by atoms with Crippen LogP contribution in [0.5, 0.6) is 5.75 Å². The number of halogens is 3. The molecule has 0 amide bonds. The highest BCUT2D eigenvalue weighted by Gasteiger charge is 2.30. The fraction of sp³-hybridized carbons (Fsp3) is 0.385. The molecule has 0 saturated heterocycles. The Labute approximate surface area is 225 Å². The summed E-state index contributed by atoms with van der Waals surface area (Å²) in [4.78, 5) is 16.4. The molecule has 0 saturated carbocycles. The van der Waals surface area contributed by atoms with Crippen LogP contribution in [0.2, 0.25) is 0 Å². The van der Waals surface area contributed by atoms with Gasteiger partial charge in [-0.2, -0.15) is 30.2 Å². The van der Waals surface area contributed by atoms with E-state index >= 15 is 0 Å². The number of carbonyl (C=O) groups excluding carboxylic acids is 1. The monoisotopic (exact) mass is 569 g/mol. The van der Waals surface area contributed by atoms with Crippen LogP contribution in [0, 0.1) is 6.92 Å². The number of alkyl halides is 3. The van der Waals surface area contributed by atoms with Crippen molar-refractivity contribution in [1.29, 1.82) is 0 Å². The molecule has 0 spiro atoms. The molecule has 2 aromatic carbocycles. The second kappa shape index (κ2) is 12.6. The molecule has 9 nitrogen and oxygen atoms in total. The highest BCUT2D eigenvalue weighted by molar-refractivity contribution is 7.86. The normalized spacial score (nSPS) is 12.2. The Morgan fingerprint density at radius 2 is 1.79 bits per heavy atom. The fourth-order valence-corrected chi connectivity index (χ4v) is 4.63. The number of aryl methyl sites for hydroxylation is 1. The summed E-state index contributed by atoms with van der Waals surface area (Å²) in [6.45, 7) is 3.18. The maximum Gasteiger partial charge on any atom is 0.416 e. The number of rotatable bonds is 12. The number of hydrogen-bond donors (Lipinski definition) is 0. The lowest BCUT2D eigenvalue weighted by Gasteiger charge is -2.24. The number of benzene rings is 2. The summed E-state index contributed by atoms with van der Waals surface area (Å²) in [5.41, 5.74) is 0.864. The topological polar surface area (TPSA) is 102 Å². The van der Waals surface area contributed by atoms with Crippen LogP contribution >= 0.6 is 0 Å². The number of ether oxygens (including phenoxy) is 2. The molecule has 13 heteroatoms. The molecule has 0 aliphatic rings. The van der Waals surface area contributed by atoms with E-state index < -0.39 is 34.5 Å². The molecular weight excluding hydrogens is 539 g/mol. The third kappa shape index (κ3) is 8.04. The van der Waals surface area contributed by atoms with Crippen LogP contribution < -0.4 is 4.74 Å². The van der Waals surface area contributed by atoms with Gasteiger partial charge in [0.1, 0.15) is 18.1 Å². The summed E-state index contributed by atoms with van der Waals surface area (Å²) in [5.74, 6) is 0.552. The van der Waals surface area contributed by atoms with Gasteiger partial charge in [-0.1, -0.05) is 12.1 Å². The van der Waals surface area contributed by atoms with E-state index in [4.69, 9.17) is 13.9 Å². The number of esters is 1. The average Bonchev–Trinajstić information content (AvgIpc) is 3.24. The lowest BCUT2D eigenvalue weighted by atomic mass is 10.1. The number of carbonyl (C=O) groups is 1. The van der Waals surface area contributed by atoms with Crippen LogP contribution in [-0.2, 0) is 38.9 Å². The Balaban J connectivity index is 1.65. The Kier molecular flexibility index (Phi) is 9.75. The Morgan fingerprint density at radius 3 is 2.41 bits per heavy atom. The van der Waals surface area contributed by atoms with E-state index in [2.05, 4.69) is 4.98 Å². The zero-order valence-corrected chi connectivity index (χ0v) is 22.8. The molecule has 0 aliphatic carbocycles. The smallest absolute Gasteiger partial charge is 0.416 e. The van der Waals surface area contributed by atoms with Crippen LogP contribution in [-0.4, -0.2) is 61.8 Å². The predicted molar refractivity (Wildman–Crippen MR) is 137 cm³/mol. The van der Waals surface area contributed by atoms with Crippen molar-refractivity contribution in [3.8, 4) is 17.2 Å². The summed E-state index contributed by atoms with van der Waals surface area (Å²) in [7, 11) is -1.15. The zero-order chi connectivity index (χ0) is 28.8. The number of oxazole rings is 1. The van der Waals surface area contributed by atoms with Crippen molar-refractivity contribution in [1.82, 2.24) is 13.6 Å². The first-order valence-corrected chi connectivity index (χ1v) is 13.4. The first-order chi connectivity index (χ1) is 18.3. The summed E-state index contributed by atoms with van der Waals surface area (Å²) < 4.78 is 82.3. The van der Waals surface area contributed by atoms with Gasteiger partial charge >= 0.3 is 12.1 Å². The largest absolute Gasteiger partial charge is 0.493 e. The molecule has 3 rings (SSSR count). The van der Waals surface area contributed by atoms with Crippen LogP contribution in [0.1, 0.15) is 29.5 Å². The summed E-state index contributed by atoms with van der Waals surface area (Å²) in [6, 6.07) is 11.4. The van der Waals surface area contributed by atoms with Gasteiger partial charge in [0, 0.05) is 32.6 Å². The molecular formula is C26H30F3N3O6S. The van der Waals surface area contributed by atoms with Crippen molar-refractivity contribution in [3.05, 3.63) is 71.1 Å². The average molecular weight is 570 g/mol. The first kappa shape index (κ1) is 30.1. The number of hydrogen-bond acceptors (Lipinski definition) is 7. The summed E-state index contributed by atoms with van der Waals surface area (Å²) in [6.07, 6.45) is -4.06. The molecule has 0 N–H and O–H groups in total. The van der Waals surface area contributed by atoms with Gasteiger partial charge in [-0.3, -0.25) is 4.79 Å². The SMILES string of the molecule is CCOC(=O)CN(Cc1cccc(OCCc2nc(-c3ccc(C(F)(F)F)cc3)oc2C)c1)S(=O)(=O)N(C)C. The molecule has 212 valence electrons. The van der Waals surface area contributed by atoms with E-state index in [9.17, 15) is 26.4 Å². The Bertz CT molecular complexity index is 1370. The molecule has 0 atom stereocenters. The molecule has 0 aliphatic heterocycles. The van der Waals surface area contributed by atoms with E-state index in [-0.39, 0.29) is 25.6 Å². The molecule has 1 aromatic heterocycles. The molecule has 0 bridgehead atoms. The lowest BCUT2D eigenvalue weighted by molar-refractivity contribution is -0.143. The lowest BCUT2D eigenvalue weighted by Crippen LogP contribution is -2.42. The number of aromatic nitrogens is 1. The van der Waals surface area contributed by atoms with Crippen LogP contribution in [0.4, 0.5) is 13.2 Å². The van der Waals surface area contributed by atoms with Crippen molar-refractivity contribution >= 4 is 16.2 Å². The fourth-order valence-electron chi connectivity index (χ4n) is 3.59. The summed E-state index contributed by atoms with van der Waals surface area (Å²) in [5, 5.41) is 0. The molecule has 0 unspecified atom stereocenters. The molecule has 0 radical (unpaired) electrons. The second-order valence-electron chi connectivity index (χ2n) is 8.71. The van der Waals surface area contributed by atoms with Gasteiger partial charge in [0.05, 0.1) is 24.5 Å². The van der Waals surface area contributed by atoms with E-state index in [0.29, 0.717) is 34.8 Å². The number of nitrogens with zero attached hydrogens (tertiary/aromatic N) is 3. The minimum absolute atomic E-state index is 0.0740. The third-order valence-electron chi connectivity index (χ3n) is 5.62. The van der Waals surface area contributed by atoms with Crippen molar-refractivity contribution in [2.24, 2.45) is 0 Å². The van der Waals surface area contributed by atoms with Crippen LogP contribution in [0.25, 0.3) is 11.5 Å². The van der Waals surface area contributed by atoms with E-state index in [1.165, 1.54) is 26.2 Å². The third-order valence-corrected chi connectivity index (χ3v) is 7.45. The van der Waals surface area contributed by atoms with Crippen molar-refractivity contribution in [3.63, 3.8) is 0 Å². The van der Waals surface area contributed by atoms with Crippen LogP contribution in [0.15, 0.2) is 52.9 Å². The van der Waals surface area contributed by atoms with Gasteiger partial charge in [-0.05, 0) is 55.8 Å². The van der Waals surface area contributed by atoms with Crippen molar-refractivity contribution in [2.75, 3.05) is 33.9 Å². The summed E-state index contributed by atoms with van der Waals surface area (Å²) >= 11 is 0. The van der Waals surface area contributed by atoms with Gasteiger partial charge < -0.3 is 13.9 Å².